The first kappa shape index (κ1) is 19.6. The summed E-state index contributed by atoms with van der Waals surface area (Å²) in [5.74, 6) is 1.71. The van der Waals surface area contributed by atoms with Gasteiger partial charge in [-0.05, 0) is 56.0 Å². The van der Waals surface area contributed by atoms with Crippen molar-refractivity contribution in [2.24, 2.45) is 5.92 Å². The molecule has 172 valence electrons. The molecular formula is C26H24N4O4. The molecule has 0 N–H and O–H groups in total. The van der Waals surface area contributed by atoms with Crippen LogP contribution >= 0.6 is 0 Å². The van der Waals surface area contributed by atoms with Gasteiger partial charge in [-0.1, -0.05) is 18.2 Å². The van der Waals surface area contributed by atoms with Gasteiger partial charge in [0.25, 0.3) is 11.8 Å². The molecule has 8 heteroatoms. The Balaban J connectivity index is 1.15. The topological polar surface area (TPSA) is 76.9 Å². The van der Waals surface area contributed by atoms with E-state index in [-0.39, 0.29) is 30.7 Å². The van der Waals surface area contributed by atoms with E-state index in [1.807, 2.05) is 42.2 Å². The summed E-state index contributed by atoms with van der Waals surface area (Å²) in [7, 11) is 0. The summed E-state index contributed by atoms with van der Waals surface area (Å²) in [6, 6.07) is 15.2. The lowest BCUT2D eigenvalue weighted by atomic mass is 9.99. The molecule has 1 unspecified atom stereocenters. The number of fused-ring (bicyclic) bond motifs is 2. The normalized spacial score (nSPS) is 21.1. The number of carbonyl (C=O) groups excluding carboxylic acids is 2. The maximum atomic E-state index is 13.8. The van der Waals surface area contributed by atoms with Crippen LogP contribution in [-0.2, 0) is 0 Å². The van der Waals surface area contributed by atoms with Crippen LogP contribution in [0.4, 0.5) is 0 Å². The molecule has 1 aromatic heterocycles. The van der Waals surface area contributed by atoms with Crippen LogP contribution < -0.4 is 9.47 Å². The van der Waals surface area contributed by atoms with E-state index in [2.05, 4.69) is 0 Å². The van der Waals surface area contributed by atoms with Gasteiger partial charge in [-0.15, -0.1) is 0 Å². The molecule has 3 aromatic rings. The first-order chi connectivity index (χ1) is 16.6. The molecule has 2 fully saturated rings. The molecule has 1 saturated carbocycles. The zero-order valence-electron chi connectivity index (χ0n) is 18.8. The Morgan fingerprint density at radius 1 is 1.03 bits per heavy atom. The second kappa shape index (κ2) is 7.09. The van der Waals surface area contributed by atoms with Gasteiger partial charge in [0.05, 0.1) is 23.5 Å². The van der Waals surface area contributed by atoms with Crippen LogP contribution in [-0.4, -0.2) is 57.3 Å². The van der Waals surface area contributed by atoms with Gasteiger partial charge >= 0.3 is 0 Å². The van der Waals surface area contributed by atoms with Crippen molar-refractivity contribution in [3.05, 3.63) is 71.0 Å². The van der Waals surface area contributed by atoms with Crippen molar-refractivity contribution < 1.29 is 19.1 Å². The fourth-order valence-electron chi connectivity index (χ4n) is 5.52. The van der Waals surface area contributed by atoms with Crippen LogP contribution in [0.1, 0.15) is 51.0 Å². The number of rotatable bonds is 4. The van der Waals surface area contributed by atoms with Crippen molar-refractivity contribution in [2.75, 3.05) is 19.9 Å². The minimum absolute atomic E-state index is 0.00656. The molecular weight excluding hydrogens is 432 g/mol. The maximum absolute atomic E-state index is 13.8. The summed E-state index contributed by atoms with van der Waals surface area (Å²) in [5.41, 5.74) is 4.13. The number of benzene rings is 2. The molecule has 4 heterocycles. The third kappa shape index (κ3) is 2.81. The smallest absolute Gasteiger partial charge is 0.273 e. The molecule has 0 bridgehead atoms. The lowest BCUT2D eigenvalue weighted by Crippen LogP contribution is -2.62. The van der Waals surface area contributed by atoms with Gasteiger partial charge in [-0.2, -0.15) is 5.10 Å². The van der Waals surface area contributed by atoms with Crippen LogP contribution in [0.3, 0.4) is 0 Å². The van der Waals surface area contributed by atoms with Crippen molar-refractivity contribution in [3.8, 4) is 17.2 Å². The van der Waals surface area contributed by atoms with Crippen LogP contribution in [0.2, 0.25) is 0 Å². The number of aromatic nitrogens is 2. The van der Waals surface area contributed by atoms with Crippen LogP contribution in [0.15, 0.2) is 48.5 Å². The highest BCUT2D eigenvalue weighted by Gasteiger charge is 2.53. The highest BCUT2D eigenvalue weighted by molar-refractivity contribution is 6.00. The van der Waals surface area contributed by atoms with Gasteiger partial charge < -0.3 is 19.3 Å². The largest absolute Gasteiger partial charge is 0.454 e. The average Bonchev–Trinajstić information content (AvgIpc) is 3.34. The van der Waals surface area contributed by atoms with Gasteiger partial charge in [0.15, 0.2) is 11.5 Å². The molecule has 2 amide bonds. The van der Waals surface area contributed by atoms with Gasteiger partial charge in [0.1, 0.15) is 5.69 Å². The van der Waals surface area contributed by atoms with E-state index in [0.717, 1.165) is 29.8 Å². The van der Waals surface area contributed by atoms with E-state index in [9.17, 15) is 9.59 Å². The number of para-hydroxylation sites is 1. The Morgan fingerprint density at radius 2 is 1.79 bits per heavy atom. The van der Waals surface area contributed by atoms with E-state index in [1.54, 1.807) is 27.8 Å². The molecule has 7 rings (SSSR count). The number of carbonyl (C=O) groups is 2. The quantitative estimate of drug-likeness (QED) is 0.602. The summed E-state index contributed by atoms with van der Waals surface area (Å²) in [5, 5.41) is 4.74. The monoisotopic (exact) mass is 456 g/mol. The first-order valence-corrected chi connectivity index (χ1v) is 11.8. The number of likely N-dealkylation sites (tertiary alicyclic amines) is 1. The third-order valence-electron chi connectivity index (χ3n) is 7.37. The standard InChI is InChI=1S/C26H24N4O4/c1-15-22-23(16-7-8-16)29(26(32)24(22)30(27-15)18-5-3-2-4-6-18)19-12-28(13-19)25(31)17-9-10-20-21(11-17)34-14-33-20/h2-6,9-11,16,19,23H,7-8,12-14H2,1H3. The number of aryl methyl sites for hydroxylation is 1. The van der Waals surface area contributed by atoms with E-state index in [1.165, 1.54) is 0 Å². The lowest BCUT2D eigenvalue weighted by molar-refractivity contribution is 0.0115. The number of nitrogens with zero attached hydrogens (tertiary/aromatic N) is 4. The second-order valence-corrected chi connectivity index (χ2v) is 9.52. The summed E-state index contributed by atoms with van der Waals surface area (Å²) >= 11 is 0. The third-order valence-corrected chi connectivity index (χ3v) is 7.37. The summed E-state index contributed by atoms with van der Waals surface area (Å²) < 4.78 is 12.6. The van der Waals surface area contributed by atoms with Gasteiger partial charge in [-0.3, -0.25) is 9.59 Å². The second-order valence-electron chi connectivity index (χ2n) is 9.52. The van der Waals surface area contributed by atoms with E-state index < -0.39 is 0 Å². The van der Waals surface area contributed by atoms with Crippen LogP contribution in [0, 0.1) is 12.8 Å². The Morgan fingerprint density at radius 3 is 2.56 bits per heavy atom. The van der Waals surface area contributed by atoms with Crippen molar-refractivity contribution in [1.29, 1.82) is 0 Å². The lowest BCUT2D eigenvalue weighted by Gasteiger charge is -2.46. The first-order valence-electron chi connectivity index (χ1n) is 11.8. The zero-order chi connectivity index (χ0) is 23.0. The molecule has 34 heavy (non-hydrogen) atoms. The fraction of sp³-hybridized carbons (Fsp3) is 0.346. The maximum Gasteiger partial charge on any atom is 0.273 e. The van der Waals surface area contributed by atoms with Crippen molar-refractivity contribution in [3.63, 3.8) is 0 Å². The predicted octanol–water partition coefficient (Wildman–Crippen LogP) is 3.34. The minimum atomic E-state index is -0.0478. The summed E-state index contributed by atoms with van der Waals surface area (Å²) in [6.07, 6.45) is 2.24. The summed E-state index contributed by atoms with van der Waals surface area (Å²) in [4.78, 5) is 30.7. The Hall–Kier alpha value is -3.81. The molecule has 0 spiro atoms. The highest BCUT2D eigenvalue weighted by atomic mass is 16.7. The Labute approximate surface area is 196 Å². The van der Waals surface area contributed by atoms with Crippen molar-refractivity contribution >= 4 is 11.8 Å². The Kier molecular flexibility index (Phi) is 4.10. The molecule has 1 atom stereocenters. The zero-order valence-corrected chi connectivity index (χ0v) is 18.8. The van der Waals surface area contributed by atoms with Crippen molar-refractivity contribution in [2.45, 2.75) is 31.8 Å². The number of ether oxygens (including phenoxy) is 2. The highest BCUT2D eigenvalue weighted by Crippen LogP contribution is 2.52. The fourth-order valence-corrected chi connectivity index (χ4v) is 5.52. The van der Waals surface area contributed by atoms with Crippen LogP contribution in [0.5, 0.6) is 11.5 Å². The number of hydrogen-bond acceptors (Lipinski definition) is 5. The summed E-state index contributed by atoms with van der Waals surface area (Å²) in [6.45, 7) is 3.24. The predicted molar refractivity (Wildman–Crippen MR) is 122 cm³/mol. The van der Waals surface area contributed by atoms with Gasteiger partial charge in [0, 0.05) is 24.2 Å². The van der Waals surface area contributed by atoms with Gasteiger partial charge in [0.2, 0.25) is 6.79 Å². The van der Waals surface area contributed by atoms with Gasteiger partial charge in [-0.25, -0.2) is 4.68 Å². The number of hydrogen-bond donors (Lipinski definition) is 0. The van der Waals surface area contributed by atoms with E-state index in [0.29, 0.717) is 41.8 Å². The molecule has 1 aliphatic carbocycles. The van der Waals surface area contributed by atoms with E-state index in [4.69, 9.17) is 14.6 Å². The molecule has 2 aromatic carbocycles. The molecule has 1 saturated heterocycles. The molecule has 4 aliphatic rings. The molecule has 8 nitrogen and oxygen atoms in total. The molecule has 0 radical (unpaired) electrons. The van der Waals surface area contributed by atoms with E-state index >= 15 is 0 Å². The Bertz CT molecular complexity index is 1320. The van der Waals surface area contributed by atoms with Crippen LogP contribution in [0.25, 0.3) is 5.69 Å². The number of amides is 2. The van der Waals surface area contributed by atoms with Crippen molar-refractivity contribution in [1.82, 2.24) is 19.6 Å². The molecule has 3 aliphatic heterocycles. The minimum Gasteiger partial charge on any atom is -0.454 e. The average molecular weight is 457 g/mol. The SMILES string of the molecule is Cc1nn(-c2ccccc2)c2c1C(C1CC1)N(C1CN(C(=O)c3ccc4c(c3)OCO4)C1)C2=O.